The maximum atomic E-state index is 12.2. The number of hydrogen-bond donors (Lipinski definition) is 2. The quantitative estimate of drug-likeness (QED) is 0.800. The average molecular weight is 287 g/mol. The Balaban J connectivity index is 2.18. The van der Waals surface area contributed by atoms with Crippen LogP contribution in [0.25, 0.3) is 10.8 Å². The van der Waals surface area contributed by atoms with E-state index in [9.17, 15) is 9.59 Å². The molecule has 110 valence electrons. The predicted molar refractivity (Wildman–Crippen MR) is 79.7 cm³/mol. The van der Waals surface area contributed by atoms with Gasteiger partial charge in [0.2, 0.25) is 0 Å². The van der Waals surface area contributed by atoms with E-state index in [-0.39, 0.29) is 12.3 Å². The first-order valence-corrected chi connectivity index (χ1v) is 6.69. The summed E-state index contributed by atoms with van der Waals surface area (Å²) in [6.07, 6.45) is 0.457. The fourth-order valence-electron chi connectivity index (χ4n) is 2.18. The second-order valence-corrected chi connectivity index (χ2v) is 4.61. The van der Waals surface area contributed by atoms with Crippen LogP contribution in [0.4, 0.5) is 0 Å². The molecule has 5 nitrogen and oxygen atoms in total. The first-order chi connectivity index (χ1) is 10.1. The van der Waals surface area contributed by atoms with Crippen LogP contribution in [0.3, 0.4) is 0 Å². The zero-order valence-corrected chi connectivity index (χ0v) is 11.8. The Morgan fingerprint density at radius 2 is 1.86 bits per heavy atom. The minimum Gasteiger partial charge on any atom is -0.496 e. The van der Waals surface area contributed by atoms with Crippen molar-refractivity contribution >= 4 is 22.6 Å². The highest BCUT2D eigenvalue weighted by Gasteiger charge is 2.12. The number of carboxylic acid groups (broad SMARTS) is 1. The Morgan fingerprint density at radius 3 is 2.52 bits per heavy atom. The van der Waals surface area contributed by atoms with Crippen molar-refractivity contribution in [2.45, 2.75) is 12.8 Å². The summed E-state index contributed by atoms with van der Waals surface area (Å²) in [6, 6.07) is 11.0. The highest BCUT2D eigenvalue weighted by atomic mass is 16.5. The van der Waals surface area contributed by atoms with Crippen LogP contribution < -0.4 is 10.1 Å². The molecule has 0 fully saturated rings. The molecule has 1 amide bonds. The SMILES string of the molecule is COc1ccc(C(=O)NCCCC(=O)O)c2ccccc12. The minimum atomic E-state index is -0.862. The number of hydrogen-bond acceptors (Lipinski definition) is 3. The average Bonchev–Trinajstić information content (AvgIpc) is 2.50. The number of nitrogens with one attached hydrogen (secondary N) is 1. The molecule has 2 aromatic rings. The number of carbonyl (C=O) groups excluding carboxylic acids is 1. The van der Waals surface area contributed by atoms with E-state index in [1.165, 1.54) is 0 Å². The lowest BCUT2D eigenvalue weighted by molar-refractivity contribution is -0.137. The summed E-state index contributed by atoms with van der Waals surface area (Å²) in [4.78, 5) is 22.6. The third-order valence-corrected chi connectivity index (χ3v) is 3.20. The standard InChI is InChI=1S/C16H17NO4/c1-21-14-9-8-13(11-5-2-3-6-12(11)14)16(20)17-10-4-7-15(18)19/h2-3,5-6,8-9H,4,7,10H2,1H3,(H,17,20)(H,18,19). The van der Waals surface area contributed by atoms with Crippen LogP contribution in [0.5, 0.6) is 5.75 Å². The lowest BCUT2D eigenvalue weighted by atomic mass is 10.0. The highest BCUT2D eigenvalue weighted by molar-refractivity contribution is 6.08. The molecule has 0 heterocycles. The molecule has 0 aliphatic heterocycles. The van der Waals surface area contributed by atoms with Crippen molar-refractivity contribution in [2.75, 3.05) is 13.7 Å². The number of carboxylic acids is 1. The van der Waals surface area contributed by atoms with Gasteiger partial charge in [0.15, 0.2) is 0 Å². The molecule has 21 heavy (non-hydrogen) atoms. The molecule has 5 heteroatoms. The largest absolute Gasteiger partial charge is 0.496 e. The molecule has 0 aliphatic rings. The van der Waals surface area contributed by atoms with Gasteiger partial charge in [-0.05, 0) is 23.9 Å². The van der Waals surface area contributed by atoms with Crippen molar-refractivity contribution in [1.29, 1.82) is 0 Å². The number of ether oxygens (including phenoxy) is 1. The molecule has 0 radical (unpaired) electrons. The molecule has 0 saturated heterocycles. The van der Waals surface area contributed by atoms with E-state index >= 15 is 0 Å². The number of fused-ring (bicyclic) bond motifs is 1. The van der Waals surface area contributed by atoms with Crippen LogP contribution in [0, 0.1) is 0 Å². The zero-order chi connectivity index (χ0) is 15.2. The summed E-state index contributed by atoms with van der Waals surface area (Å²) in [5.74, 6) is -0.355. The van der Waals surface area contributed by atoms with Crippen LogP contribution in [0.15, 0.2) is 36.4 Å². The maximum Gasteiger partial charge on any atom is 0.303 e. The second-order valence-electron chi connectivity index (χ2n) is 4.61. The topological polar surface area (TPSA) is 75.6 Å². The van der Waals surface area contributed by atoms with Crippen molar-refractivity contribution < 1.29 is 19.4 Å². The lowest BCUT2D eigenvalue weighted by Gasteiger charge is -2.10. The Hall–Kier alpha value is -2.56. The van der Waals surface area contributed by atoms with Gasteiger partial charge in [-0.1, -0.05) is 24.3 Å². The van der Waals surface area contributed by atoms with Gasteiger partial charge in [0.1, 0.15) is 5.75 Å². The van der Waals surface area contributed by atoms with Gasteiger partial charge >= 0.3 is 5.97 Å². The minimum absolute atomic E-state index is 0.0453. The third kappa shape index (κ3) is 3.51. The number of benzene rings is 2. The molecule has 2 N–H and O–H groups in total. The van der Waals surface area contributed by atoms with E-state index in [0.29, 0.717) is 24.3 Å². The summed E-state index contributed by atoms with van der Waals surface area (Å²) in [7, 11) is 1.59. The van der Waals surface area contributed by atoms with Crippen LogP contribution in [-0.2, 0) is 4.79 Å². The summed E-state index contributed by atoms with van der Waals surface area (Å²) in [6.45, 7) is 0.339. The van der Waals surface area contributed by atoms with Gasteiger partial charge in [-0.25, -0.2) is 0 Å². The summed E-state index contributed by atoms with van der Waals surface area (Å²) < 4.78 is 5.29. The van der Waals surface area contributed by atoms with Crippen LogP contribution in [-0.4, -0.2) is 30.6 Å². The summed E-state index contributed by atoms with van der Waals surface area (Å²) in [5.41, 5.74) is 0.557. The van der Waals surface area contributed by atoms with Crippen LogP contribution in [0.2, 0.25) is 0 Å². The zero-order valence-electron chi connectivity index (χ0n) is 11.8. The highest BCUT2D eigenvalue weighted by Crippen LogP contribution is 2.28. The summed E-state index contributed by atoms with van der Waals surface area (Å²) >= 11 is 0. The predicted octanol–water partition coefficient (Wildman–Crippen LogP) is 2.44. The Labute approximate surface area is 122 Å². The number of aliphatic carboxylic acids is 1. The van der Waals surface area contributed by atoms with Crippen molar-refractivity contribution in [2.24, 2.45) is 0 Å². The molecule has 0 spiro atoms. The molecule has 2 rings (SSSR count). The number of amides is 1. The number of carbonyl (C=O) groups is 2. The molecule has 0 aliphatic carbocycles. The van der Waals surface area contributed by atoms with Gasteiger partial charge in [0, 0.05) is 23.9 Å². The monoisotopic (exact) mass is 287 g/mol. The van der Waals surface area contributed by atoms with Crippen molar-refractivity contribution in [1.82, 2.24) is 5.32 Å². The Bertz CT molecular complexity index is 666. The maximum absolute atomic E-state index is 12.2. The first kappa shape index (κ1) is 14.8. The molecule has 0 bridgehead atoms. The fourth-order valence-corrected chi connectivity index (χ4v) is 2.18. The van der Waals surface area contributed by atoms with Gasteiger partial charge in [0.25, 0.3) is 5.91 Å². The molecular weight excluding hydrogens is 270 g/mol. The van der Waals surface area contributed by atoms with Gasteiger partial charge in [0.05, 0.1) is 7.11 Å². The molecule has 0 unspecified atom stereocenters. The number of methoxy groups -OCH3 is 1. The van der Waals surface area contributed by atoms with Crippen LogP contribution >= 0.6 is 0 Å². The van der Waals surface area contributed by atoms with Gasteiger partial charge in [-0.2, -0.15) is 0 Å². The van der Waals surface area contributed by atoms with E-state index in [1.807, 2.05) is 24.3 Å². The Kier molecular flexibility index (Phi) is 4.77. The molecule has 2 aromatic carbocycles. The van der Waals surface area contributed by atoms with Gasteiger partial charge in [-0.15, -0.1) is 0 Å². The van der Waals surface area contributed by atoms with E-state index in [0.717, 1.165) is 10.8 Å². The van der Waals surface area contributed by atoms with Crippen molar-refractivity contribution in [3.8, 4) is 5.75 Å². The molecule has 0 aromatic heterocycles. The second kappa shape index (κ2) is 6.74. The summed E-state index contributed by atoms with van der Waals surface area (Å²) in [5, 5.41) is 13.0. The van der Waals surface area contributed by atoms with E-state index in [1.54, 1.807) is 19.2 Å². The fraction of sp³-hybridized carbons (Fsp3) is 0.250. The van der Waals surface area contributed by atoms with E-state index < -0.39 is 5.97 Å². The van der Waals surface area contributed by atoms with Crippen molar-refractivity contribution in [3.05, 3.63) is 42.0 Å². The van der Waals surface area contributed by atoms with E-state index in [4.69, 9.17) is 9.84 Å². The van der Waals surface area contributed by atoms with Crippen molar-refractivity contribution in [3.63, 3.8) is 0 Å². The third-order valence-electron chi connectivity index (χ3n) is 3.20. The molecule has 0 saturated carbocycles. The van der Waals surface area contributed by atoms with E-state index in [2.05, 4.69) is 5.32 Å². The van der Waals surface area contributed by atoms with Crippen LogP contribution in [0.1, 0.15) is 23.2 Å². The molecule has 0 atom stereocenters. The first-order valence-electron chi connectivity index (χ1n) is 6.69. The smallest absolute Gasteiger partial charge is 0.303 e. The number of rotatable bonds is 6. The molecular formula is C16H17NO4. The normalized spacial score (nSPS) is 10.3. The van der Waals surface area contributed by atoms with Gasteiger partial charge < -0.3 is 15.2 Å². The lowest BCUT2D eigenvalue weighted by Crippen LogP contribution is -2.25. The van der Waals surface area contributed by atoms with Gasteiger partial charge in [-0.3, -0.25) is 9.59 Å². The Morgan fingerprint density at radius 1 is 1.14 bits per heavy atom.